The smallest absolute Gasteiger partial charge is 0.177 e. The summed E-state index contributed by atoms with van der Waals surface area (Å²) in [5.74, 6) is -0.948. The molecule has 21 heavy (non-hydrogen) atoms. The van der Waals surface area contributed by atoms with Crippen LogP contribution in [0.3, 0.4) is 0 Å². The molecule has 0 amide bonds. The predicted molar refractivity (Wildman–Crippen MR) is 79.8 cm³/mol. The second kappa shape index (κ2) is 5.69. The Labute approximate surface area is 127 Å². The minimum Gasteiger partial charge on any atom is -0.337 e. The fraction of sp³-hybridized carbons (Fsp3) is 0.400. The zero-order chi connectivity index (χ0) is 15.0. The number of imidazole rings is 1. The van der Waals surface area contributed by atoms with Crippen molar-refractivity contribution in [3.63, 3.8) is 0 Å². The van der Waals surface area contributed by atoms with E-state index < -0.39 is 11.6 Å². The molecule has 0 unspecified atom stereocenters. The Bertz CT molecular complexity index is 720. The summed E-state index contributed by atoms with van der Waals surface area (Å²) in [5, 5.41) is 3.11. The fourth-order valence-corrected chi connectivity index (χ4v) is 3.46. The first-order valence-corrected chi connectivity index (χ1v) is 7.41. The van der Waals surface area contributed by atoms with Crippen molar-refractivity contribution < 1.29 is 8.78 Å². The van der Waals surface area contributed by atoms with Crippen LogP contribution in [-0.2, 0) is 19.4 Å². The molecule has 0 saturated heterocycles. The predicted octanol–water partition coefficient (Wildman–Crippen LogP) is 3.27. The molecule has 3 nitrogen and oxygen atoms in total. The van der Waals surface area contributed by atoms with E-state index in [4.69, 9.17) is 12.2 Å². The van der Waals surface area contributed by atoms with Gasteiger partial charge in [0, 0.05) is 24.8 Å². The monoisotopic (exact) mass is 309 g/mol. The number of nitrogens with zero attached hydrogens (tertiary/aromatic N) is 1. The third kappa shape index (κ3) is 2.65. The molecule has 1 aromatic heterocycles. The van der Waals surface area contributed by atoms with Crippen molar-refractivity contribution in [3.05, 3.63) is 51.6 Å². The van der Waals surface area contributed by atoms with Crippen molar-refractivity contribution in [1.82, 2.24) is 14.9 Å². The van der Waals surface area contributed by atoms with Crippen molar-refractivity contribution in [3.8, 4) is 0 Å². The van der Waals surface area contributed by atoms with Gasteiger partial charge in [0.05, 0.1) is 5.69 Å². The van der Waals surface area contributed by atoms with Crippen molar-refractivity contribution in [2.75, 3.05) is 7.05 Å². The number of halogens is 2. The van der Waals surface area contributed by atoms with Crippen LogP contribution in [0.4, 0.5) is 8.78 Å². The maximum atomic E-state index is 13.8. The molecule has 0 radical (unpaired) electrons. The quantitative estimate of drug-likeness (QED) is 0.853. The molecule has 2 aromatic rings. The summed E-state index contributed by atoms with van der Waals surface area (Å²) < 4.78 is 29.9. The zero-order valence-corrected chi connectivity index (χ0v) is 12.6. The minimum atomic E-state index is -0.514. The van der Waals surface area contributed by atoms with Crippen molar-refractivity contribution >= 4 is 12.2 Å². The molecule has 0 spiro atoms. The molecule has 112 valence electrons. The number of rotatable bonds is 3. The molecule has 1 atom stereocenters. The Hall–Kier alpha value is -1.53. The maximum Gasteiger partial charge on any atom is 0.177 e. The Morgan fingerprint density at radius 3 is 3.00 bits per heavy atom. The molecule has 1 aliphatic carbocycles. The van der Waals surface area contributed by atoms with Gasteiger partial charge >= 0.3 is 0 Å². The van der Waals surface area contributed by atoms with Crippen LogP contribution in [0, 0.1) is 16.4 Å². The van der Waals surface area contributed by atoms with Crippen LogP contribution in [0.1, 0.15) is 29.3 Å². The van der Waals surface area contributed by atoms with E-state index in [1.54, 1.807) is 0 Å². The van der Waals surface area contributed by atoms with Gasteiger partial charge < -0.3 is 14.9 Å². The van der Waals surface area contributed by atoms with Gasteiger partial charge in [-0.05, 0) is 55.7 Å². The number of hydrogen-bond acceptors (Lipinski definition) is 2. The van der Waals surface area contributed by atoms with Gasteiger partial charge in [0.25, 0.3) is 0 Å². The first kappa shape index (κ1) is 14.4. The number of benzene rings is 1. The van der Waals surface area contributed by atoms with Crippen molar-refractivity contribution in [1.29, 1.82) is 0 Å². The number of nitrogens with one attached hydrogen (secondary N) is 2. The average molecular weight is 309 g/mol. The Morgan fingerprint density at radius 1 is 1.43 bits per heavy atom. The second-order valence-corrected chi connectivity index (χ2v) is 5.79. The molecule has 1 aliphatic rings. The van der Waals surface area contributed by atoms with E-state index in [0.717, 1.165) is 23.7 Å². The molecule has 3 rings (SSSR count). The number of aromatic nitrogens is 2. The lowest BCUT2D eigenvalue weighted by Gasteiger charge is -2.27. The molecule has 0 fully saturated rings. The molecule has 1 heterocycles. The molecule has 1 aromatic carbocycles. The summed E-state index contributed by atoms with van der Waals surface area (Å²) in [6.45, 7) is 0.702. The summed E-state index contributed by atoms with van der Waals surface area (Å²) in [7, 11) is 1.88. The van der Waals surface area contributed by atoms with Gasteiger partial charge in [-0.25, -0.2) is 8.78 Å². The second-order valence-electron chi connectivity index (χ2n) is 5.41. The minimum absolute atomic E-state index is 0.140. The van der Waals surface area contributed by atoms with Crippen LogP contribution in [0.2, 0.25) is 0 Å². The van der Waals surface area contributed by atoms with Gasteiger partial charge in [-0.15, -0.1) is 0 Å². The van der Waals surface area contributed by atoms with E-state index in [1.165, 1.54) is 6.07 Å². The third-order valence-corrected chi connectivity index (χ3v) is 4.36. The van der Waals surface area contributed by atoms with E-state index >= 15 is 0 Å². The van der Waals surface area contributed by atoms with Gasteiger partial charge in [0.1, 0.15) is 11.6 Å². The SMILES string of the molecule is CNCc1c[nH]c(=S)n1[C@H]1CCc2c(F)cc(F)cc2C1. The first-order chi connectivity index (χ1) is 10.1. The zero-order valence-electron chi connectivity index (χ0n) is 11.7. The Morgan fingerprint density at radius 2 is 2.24 bits per heavy atom. The van der Waals surface area contributed by atoms with Crippen LogP contribution in [-0.4, -0.2) is 16.6 Å². The molecular weight excluding hydrogens is 292 g/mol. The van der Waals surface area contributed by atoms with E-state index in [9.17, 15) is 8.78 Å². The molecule has 0 saturated carbocycles. The molecule has 6 heteroatoms. The topological polar surface area (TPSA) is 32.8 Å². The van der Waals surface area contributed by atoms with Gasteiger partial charge in [0.2, 0.25) is 0 Å². The highest BCUT2D eigenvalue weighted by Gasteiger charge is 2.25. The lowest BCUT2D eigenvalue weighted by molar-refractivity contribution is 0.413. The van der Waals surface area contributed by atoms with Gasteiger partial charge in [-0.3, -0.25) is 0 Å². The largest absolute Gasteiger partial charge is 0.337 e. The lowest BCUT2D eigenvalue weighted by Crippen LogP contribution is -2.23. The highest BCUT2D eigenvalue weighted by Crippen LogP contribution is 2.32. The van der Waals surface area contributed by atoms with E-state index in [2.05, 4.69) is 14.9 Å². The average Bonchev–Trinajstić information content (AvgIpc) is 2.79. The lowest BCUT2D eigenvalue weighted by atomic mass is 9.87. The van der Waals surface area contributed by atoms with Gasteiger partial charge in [-0.2, -0.15) is 0 Å². The number of fused-ring (bicyclic) bond motifs is 1. The summed E-state index contributed by atoms with van der Waals surface area (Å²) in [6, 6.07) is 2.55. The third-order valence-electron chi connectivity index (χ3n) is 4.05. The highest BCUT2D eigenvalue weighted by atomic mass is 32.1. The standard InChI is InChI=1S/C15H17F2N3S/c1-18-7-12-8-19-15(21)20(12)11-2-3-13-9(5-11)4-10(16)6-14(13)17/h4,6,8,11,18H,2-3,5,7H2,1H3,(H,19,21)/t11-/m0/s1. The molecule has 0 aliphatic heterocycles. The van der Waals surface area contributed by atoms with E-state index in [1.807, 2.05) is 13.2 Å². The molecule has 0 bridgehead atoms. The van der Waals surface area contributed by atoms with E-state index in [0.29, 0.717) is 29.7 Å². The van der Waals surface area contributed by atoms with Gasteiger partial charge in [-0.1, -0.05) is 0 Å². The van der Waals surface area contributed by atoms with Crippen LogP contribution >= 0.6 is 12.2 Å². The molecular formula is C15H17F2N3S. The van der Waals surface area contributed by atoms with E-state index in [-0.39, 0.29) is 6.04 Å². The van der Waals surface area contributed by atoms with Crippen LogP contribution in [0.25, 0.3) is 0 Å². The Kier molecular flexibility index (Phi) is 3.91. The van der Waals surface area contributed by atoms with Crippen molar-refractivity contribution in [2.45, 2.75) is 31.8 Å². The number of hydrogen-bond donors (Lipinski definition) is 2. The van der Waals surface area contributed by atoms with Crippen LogP contribution < -0.4 is 5.32 Å². The number of aromatic amines is 1. The Balaban J connectivity index is 1.97. The summed E-state index contributed by atoms with van der Waals surface area (Å²) >= 11 is 5.35. The fourth-order valence-electron chi connectivity index (χ4n) is 3.14. The van der Waals surface area contributed by atoms with Gasteiger partial charge in [0.15, 0.2) is 4.77 Å². The molecule has 2 N–H and O–H groups in total. The summed E-state index contributed by atoms with van der Waals surface area (Å²) in [5.41, 5.74) is 2.46. The normalized spacial score (nSPS) is 17.8. The van der Waals surface area contributed by atoms with Crippen LogP contribution in [0.15, 0.2) is 18.3 Å². The first-order valence-electron chi connectivity index (χ1n) is 7.00. The summed E-state index contributed by atoms with van der Waals surface area (Å²) in [6.07, 6.45) is 3.91. The van der Waals surface area contributed by atoms with Crippen LogP contribution in [0.5, 0.6) is 0 Å². The summed E-state index contributed by atoms with van der Waals surface area (Å²) in [4.78, 5) is 3.06. The van der Waals surface area contributed by atoms with Crippen molar-refractivity contribution in [2.24, 2.45) is 0 Å². The maximum absolute atomic E-state index is 13.8. The highest BCUT2D eigenvalue weighted by molar-refractivity contribution is 7.71. The number of H-pyrrole nitrogens is 1.